The summed E-state index contributed by atoms with van der Waals surface area (Å²) in [6.45, 7) is 0. The first-order valence-corrected chi connectivity index (χ1v) is 9.45. The zero-order chi connectivity index (χ0) is 18.2. The Morgan fingerprint density at radius 3 is 1.41 bits per heavy atom. The van der Waals surface area contributed by atoms with E-state index in [-0.39, 0.29) is 0 Å². The standard InChI is InChI=1S/C26H17Cl/c27-20-15-16-23-24(17-20)26(19-11-5-2-6-12-19)22-14-8-7-13-21(22)25(23)18-9-3-1-4-10-18/h1-17H. The van der Waals surface area contributed by atoms with Crippen LogP contribution in [0, 0.1) is 0 Å². The van der Waals surface area contributed by atoms with Crippen molar-refractivity contribution in [1.29, 1.82) is 0 Å². The fourth-order valence-electron chi connectivity index (χ4n) is 3.98. The average molecular weight is 365 g/mol. The van der Waals surface area contributed by atoms with Crippen molar-refractivity contribution in [3.8, 4) is 22.3 Å². The van der Waals surface area contributed by atoms with Crippen molar-refractivity contribution in [2.24, 2.45) is 0 Å². The van der Waals surface area contributed by atoms with Gasteiger partial charge in [0.1, 0.15) is 0 Å². The van der Waals surface area contributed by atoms with Gasteiger partial charge in [-0.15, -0.1) is 0 Å². The van der Waals surface area contributed by atoms with Gasteiger partial charge in [-0.1, -0.05) is 103 Å². The highest BCUT2D eigenvalue weighted by Crippen LogP contribution is 2.44. The third-order valence-electron chi connectivity index (χ3n) is 5.11. The fraction of sp³-hybridized carbons (Fsp3) is 0. The average Bonchev–Trinajstić information content (AvgIpc) is 2.73. The molecular weight excluding hydrogens is 348 g/mol. The molecule has 0 saturated heterocycles. The van der Waals surface area contributed by atoms with E-state index in [0.717, 1.165) is 5.02 Å². The number of hydrogen-bond donors (Lipinski definition) is 0. The third kappa shape index (κ3) is 2.70. The molecule has 0 saturated carbocycles. The van der Waals surface area contributed by atoms with Gasteiger partial charge in [-0.3, -0.25) is 0 Å². The van der Waals surface area contributed by atoms with Crippen LogP contribution in [0.3, 0.4) is 0 Å². The minimum atomic E-state index is 0.758. The molecule has 0 atom stereocenters. The smallest absolute Gasteiger partial charge is 0.0412 e. The third-order valence-corrected chi connectivity index (χ3v) is 5.35. The summed E-state index contributed by atoms with van der Waals surface area (Å²) in [4.78, 5) is 0. The number of hydrogen-bond acceptors (Lipinski definition) is 0. The molecule has 27 heavy (non-hydrogen) atoms. The monoisotopic (exact) mass is 364 g/mol. The van der Waals surface area contributed by atoms with Gasteiger partial charge >= 0.3 is 0 Å². The highest BCUT2D eigenvalue weighted by atomic mass is 35.5. The second-order valence-electron chi connectivity index (χ2n) is 6.72. The van der Waals surface area contributed by atoms with Gasteiger partial charge in [0.2, 0.25) is 0 Å². The van der Waals surface area contributed by atoms with Crippen molar-refractivity contribution in [2.45, 2.75) is 0 Å². The van der Waals surface area contributed by atoms with E-state index in [2.05, 4.69) is 97.1 Å². The second kappa shape index (κ2) is 6.57. The number of rotatable bonds is 2. The number of benzene rings is 5. The molecule has 0 fully saturated rings. The molecule has 0 amide bonds. The summed E-state index contributed by atoms with van der Waals surface area (Å²) in [6, 6.07) is 36.1. The van der Waals surface area contributed by atoms with E-state index < -0.39 is 0 Å². The van der Waals surface area contributed by atoms with Gasteiger partial charge in [-0.05, 0) is 55.9 Å². The maximum Gasteiger partial charge on any atom is 0.0412 e. The van der Waals surface area contributed by atoms with Gasteiger partial charge in [0.25, 0.3) is 0 Å². The molecule has 0 aromatic heterocycles. The molecule has 0 radical (unpaired) electrons. The van der Waals surface area contributed by atoms with Gasteiger partial charge in [0.15, 0.2) is 0 Å². The Hall–Kier alpha value is -3.09. The zero-order valence-electron chi connectivity index (χ0n) is 14.7. The van der Waals surface area contributed by atoms with Crippen LogP contribution in [0.5, 0.6) is 0 Å². The molecule has 0 bridgehead atoms. The molecular formula is C26H17Cl. The van der Waals surface area contributed by atoms with Crippen LogP contribution in [0.4, 0.5) is 0 Å². The maximum absolute atomic E-state index is 6.43. The van der Waals surface area contributed by atoms with Gasteiger partial charge in [0, 0.05) is 5.02 Å². The summed E-state index contributed by atoms with van der Waals surface area (Å²) in [5, 5.41) is 5.68. The predicted octanol–water partition coefficient (Wildman–Crippen LogP) is 7.98. The molecule has 0 aliphatic carbocycles. The van der Waals surface area contributed by atoms with E-state index in [1.807, 2.05) is 6.07 Å². The van der Waals surface area contributed by atoms with E-state index in [0.29, 0.717) is 0 Å². The van der Waals surface area contributed by atoms with Crippen LogP contribution >= 0.6 is 11.6 Å². The maximum atomic E-state index is 6.43. The van der Waals surface area contributed by atoms with Crippen molar-refractivity contribution in [3.05, 3.63) is 108 Å². The highest BCUT2D eigenvalue weighted by molar-refractivity contribution is 6.32. The molecule has 0 aliphatic rings. The fourth-order valence-corrected chi connectivity index (χ4v) is 4.15. The van der Waals surface area contributed by atoms with Gasteiger partial charge < -0.3 is 0 Å². The largest absolute Gasteiger partial charge is 0.0843 e. The highest BCUT2D eigenvalue weighted by Gasteiger charge is 2.16. The number of fused-ring (bicyclic) bond motifs is 2. The van der Waals surface area contributed by atoms with E-state index in [1.165, 1.54) is 43.8 Å². The Balaban J connectivity index is 2.04. The lowest BCUT2D eigenvalue weighted by atomic mass is 9.86. The Kier molecular flexibility index (Phi) is 3.92. The van der Waals surface area contributed by atoms with E-state index in [9.17, 15) is 0 Å². The molecule has 0 unspecified atom stereocenters. The van der Waals surface area contributed by atoms with Crippen LogP contribution in [0.2, 0.25) is 5.02 Å². The lowest BCUT2D eigenvalue weighted by Crippen LogP contribution is -1.90. The molecule has 5 aromatic rings. The first-order valence-electron chi connectivity index (χ1n) is 9.08. The summed E-state index contributed by atoms with van der Waals surface area (Å²) >= 11 is 6.43. The van der Waals surface area contributed by atoms with E-state index in [4.69, 9.17) is 11.6 Å². The molecule has 5 aromatic carbocycles. The molecule has 0 N–H and O–H groups in total. The lowest BCUT2D eigenvalue weighted by Gasteiger charge is -2.17. The summed E-state index contributed by atoms with van der Waals surface area (Å²) < 4.78 is 0. The zero-order valence-corrected chi connectivity index (χ0v) is 15.4. The van der Waals surface area contributed by atoms with Crippen molar-refractivity contribution < 1.29 is 0 Å². The van der Waals surface area contributed by atoms with E-state index >= 15 is 0 Å². The van der Waals surface area contributed by atoms with Crippen molar-refractivity contribution >= 4 is 33.1 Å². The van der Waals surface area contributed by atoms with Crippen molar-refractivity contribution in [1.82, 2.24) is 0 Å². The minimum Gasteiger partial charge on any atom is -0.0843 e. The van der Waals surface area contributed by atoms with Crippen LogP contribution in [-0.4, -0.2) is 0 Å². The van der Waals surface area contributed by atoms with Gasteiger partial charge in [0.05, 0.1) is 0 Å². The Labute approximate surface area is 163 Å². The van der Waals surface area contributed by atoms with Crippen molar-refractivity contribution in [3.63, 3.8) is 0 Å². The van der Waals surface area contributed by atoms with Gasteiger partial charge in [-0.2, -0.15) is 0 Å². The van der Waals surface area contributed by atoms with Crippen LogP contribution in [-0.2, 0) is 0 Å². The number of halogens is 1. The Morgan fingerprint density at radius 2 is 0.852 bits per heavy atom. The molecule has 0 nitrogen and oxygen atoms in total. The topological polar surface area (TPSA) is 0 Å². The molecule has 128 valence electrons. The molecule has 1 heteroatoms. The van der Waals surface area contributed by atoms with Crippen LogP contribution in [0.15, 0.2) is 103 Å². The normalized spacial score (nSPS) is 11.1. The quantitative estimate of drug-likeness (QED) is 0.278. The van der Waals surface area contributed by atoms with Crippen LogP contribution in [0.1, 0.15) is 0 Å². The summed E-state index contributed by atoms with van der Waals surface area (Å²) in [5.74, 6) is 0. The SMILES string of the molecule is Clc1ccc2c(-c3ccccc3)c3ccccc3c(-c3ccccc3)c2c1. The molecule has 5 rings (SSSR count). The summed E-state index contributed by atoms with van der Waals surface area (Å²) in [6.07, 6.45) is 0. The summed E-state index contributed by atoms with van der Waals surface area (Å²) in [7, 11) is 0. The lowest BCUT2D eigenvalue weighted by molar-refractivity contribution is 1.65. The summed E-state index contributed by atoms with van der Waals surface area (Å²) in [5.41, 5.74) is 4.93. The Morgan fingerprint density at radius 1 is 0.407 bits per heavy atom. The molecule has 0 heterocycles. The van der Waals surface area contributed by atoms with E-state index in [1.54, 1.807) is 0 Å². The first-order chi connectivity index (χ1) is 13.3. The Bertz CT molecular complexity index is 1260. The predicted molar refractivity (Wildman–Crippen MR) is 117 cm³/mol. The molecule has 0 aliphatic heterocycles. The van der Waals surface area contributed by atoms with Crippen molar-refractivity contribution in [2.75, 3.05) is 0 Å². The molecule has 0 spiro atoms. The van der Waals surface area contributed by atoms with Gasteiger partial charge in [-0.25, -0.2) is 0 Å². The second-order valence-corrected chi connectivity index (χ2v) is 7.15. The van der Waals surface area contributed by atoms with Crippen LogP contribution < -0.4 is 0 Å². The first kappa shape index (κ1) is 16.1. The minimum absolute atomic E-state index is 0.758. The van der Waals surface area contributed by atoms with Crippen LogP contribution in [0.25, 0.3) is 43.8 Å².